The van der Waals surface area contributed by atoms with Crippen molar-refractivity contribution in [2.24, 2.45) is 0 Å². The van der Waals surface area contributed by atoms with E-state index in [4.69, 9.17) is 4.74 Å². The maximum Gasteiger partial charge on any atom is 0.338 e. The number of allylic oxidation sites excluding steroid dienone is 1. The summed E-state index contributed by atoms with van der Waals surface area (Å²) >= 11 is 0. The lowest BCUT2D eigenvalue weighted by Gasteiger charge is -2.08. The molecule has 106 valence electrons. The molecule has 2 aromatic carbocycles. The maximum atomic E-state index is 11.9. The number of methoxy groups -OCH3 is 1. The topological polar surface area (TPSA) is 26.3 Å². The molecule has 21 heavy (non-hydrogen) atoms. The zero-order valence-corrected chi connectivity index (χ0v) is 12.2. The molecule has 0 amide bonds. The highest BCUT2D eigenvalue weighted by Crippen LogP contribution is 2.22. The Labute approximate surface area is 125 Å². The number of ether oxygens (including phenoxy) is 1. The highest BCUT2D eigenvalue weighted by atomic mass is 16.5. The lowest BCUT2D eigenvalue weighted by Crippen LogP contribution is -2.04. The van der Waals surface area contributed by atoms with E-state index in [1.165, 1.54) is 7.11 Å². The summed E-state index contributed by atoms with van der Waals surface area (Å²) in [6.45, 7) is 1.84. The predicted molar refractivity (Wildman–Crippen MR) is 87.5 cm³/mol. The molecule has 0 aliphatic carbocycles. The van der Waals surface area contributed by atoms with Crippen molar-refractivity contribution in [2.75, 3.05) is 7.11 Å². The van der Waals surface area contributed by atoms with Crippen molar-refractivity contribution in [3.8, 4) is 0 Å². The van der Waals surface area contributed by atoms with Crippen molar-refractivity contribution in [2.45, 2.75) is 6.92 Å². The highest BCUT2D eigenvalue weighted by molar-refractivity contribution is 6.17. The zero-order chi connectivity index (χ0) is 15.1. The van der Waals surface area contributed by atoms with Crippen LogP contribution in [0.3, 0.4) is 0 Å². The second kappa shape index (κ2) is 7.25. The molecular formula is C19H18O2. The van der Waals surface area contributed by atoms with Crippen molar-refractivity contribution in [3.63, 3.8) is 0 Å². The fourth-order valence-electron chi connectivity index (χ4n) is 2.13. The minimum absolute atomic E-state index is 0.321. The smallest absolute Gasteiger partial charge is 0.338 e. The quantitative estimate of drug-likeness (QED) is 0.470. The molecule has 0 heterocycles. The number of rotatable bonds is 4. The van der Waals surface area contributed by atoms with E-state index in [1.54, 1.807) is 6.08 Å². The van der Waals surface area contributed by atoms with E-state index in [-0.39, 0.29) is 5.97 Å². The van der Waals surface area contributed by atoms with E-state index < -0.39 is 0 Å². The van der Waals surface area contributed by atoms with Gasteiger partial charge in [-0.15, -0.1) is 0 Å². The summed E-state index contributed by atoms with van der Waals surface area (Å²) in [5.74, 6) is -0.321. The summed E-state index contributed by atoms with van der Waals surface area (Å²) in [7, 11) is 1.40. The minimum atomic E-state index is -0.321. The van der Waals surface area contributed by atoms with Gasteiger partial charge in [-0.25, -0.2) is 4.79 Å². The van der Waals surface area contributed by atoms with E-state index in [0.29, 0.717) is 5.57 Å². The van der Waals surface area contributed by atoms with Gasteiger partial charge >= 0.3 is 5.97 Å². The van der Waals surface area contributed by atoms with Gasteiger partial charge in [0.05, 0.1) is 12.7 Å². The van der Waals surface area contributed by atoms with Crippen LogP contribution in [0.25, 0.3) is 17.7 Å². The molecule has 2 aromatic rings. The molecular weight excluding hydrogens is 260 g/mol. The molecule has 2 rings (SSSR count). The Bertz CT molecular complexity index is 667. The lowest BCUT2D eigenvalue weighted by molar-refractivity contribution is -0.133. The zero-order valence-electron chi connectivity index (χ0n) is 12.2. The van der Waals surface area contributed by atoms with Gasteiger partial charge in [-0.1, -0.05) is 72.8 Å². The van der Waals surface area contributed by atoms with Crippen LogP contribution in [0.1, 0.15) is 23.6 Å². The van der Waals surface area contributed by atoms with Crippen molar-refractivity contribution in [3.05, 3.63) is 77.4 Å². The molecule has 2 nitrogen and oxygen atoms in total. The Balaban J connectivity index is 2.38. The van der Waals surface area contributed by atoms with Gasteiger partial charge in [-0.2, -0.15) is 0 Å². The molecule has 0 saturated heterocycles. The standard InChI is InChI=1S/C19H18O2/c1-3-17(19(20)21-2)18-12-8-7-11-16(18)14-13-15-9-5-4-6-10-15/h3-14H,1-2H3. The van der Waals surface area contributed by atoms with Gasteiger partial charge in [0.15, 0.2) is 0 Å². The van der Waals surface area contributed by atoms with Crippen LogP contribution in [0.2, 0.25) is 0 Å². The Morgan fingerprint density at radius 3 is 2.29 bits per heavy atom. The van der Waals surface area contributed by atoms with Gasteiger partial charge in [-0.05, 0) is 23.6 Å². The molecule has 0 bridgehead atoms. The Hall–Kier alpha value is -2.61. The molecule has 0 aromatic heterocycles. The predicted octanol–water partition coefficient (Wildman–Crippen LogP) is 4.43. The van der Waals surface area contributed by atoms with E-state index in [2.05, 4.69) is 0 Å². The van der Waals surface area contributed by atoms with Crippen LogP contribution >= 0.6 is 0 Å². The number of hydrogen-bond donors (Lipinski definition) is 0. The molecule has 2 heteroatoms. The number of carbonyl (C=O) groups is 1. The van der Waals surface area contributed by atoms with Crippen LogP contribution in [-0.2, 0) is 9.53 Å². The third-order valence-corrected chi connectivity index (χ3v) is 3.20. The first-order valence-corrected chi connectivity index (χ1v) is 6.83. The highest BCUT2D eigenvalue weighted by Gasteiger charge is 2.13. The normalized spacial score (nSPS) is 11.6. The van der Waals surface area contributed by atoms with Gasteiger partial charge in [0.25, 0.3) is 0 Å². The van der Waals surface area contributed by atoms with Crippen molar-refractivity contribution in [1.29, 1.82) is 0 Å². The second-order valence-electron chi connectivity index (χ2n) is 4.53. The summed E-state index contributed by atoms with van der Waals surface area (Å²) in [5.41, 5.74) is 3.55. The van der Waals surface area contributed by atoms with Crippen LogP contribution in [0.15, 0.2) is 60.7 Å². The molecule has 0 radical (unpaired) electrons. The van der Waals surface area contributed by atoms with Crippen LogP contribution in [0, 0.1) is 0 Å². The van der Waals surface area contributed by atoms with Gasteiger partial charge in [0.1, 0.15) is 0 Å². The van der Waals surface area contributed by atoms with Crippen LogP contribution < -0.4 is 0 Å². The van der Waals surface area contributed by atoms with Gasteiger partial charge in [-0.3, -0.25) is 0 Å². The van der Waals surface area contributed by atoms with E-state index in [1.807, 2.05) is 73.7 Å². The third-order valence-electron chi connectivity index (χ3n) is 3.20. The summed E-state index contributed by atoms with van der Waals surface area (Å²) in [6.07, 6.45) is 5.82. The largest absolute Gasteiger partial charge is 0.465 e. The number of esters is 1. The summed E-state index contributed by atoms with van der Waals surface area (Å²) < 4.78 is 4.84. The van der Waals surface area contributed by atoms with E-state index >= 15 is 0 Å². The number of hydrogen-bond acceptors (Lipinski definition) is 2. The fourth-order valence-corrected chi connectivity index (χ4v) is 2.13. The third kappa shape index (κ3) is 3.69. The molecule has 0 unspecified atom stereocenters. The Kier molecular flexibility index (Phi) is 5.10. The van der Waals surface area contributed by atoms with Crippen molar-refractivity contribution in [1.82, 2.24) is 0 Å². The van der Waals surface area contributed by atoms with Gasteiger partial charge < -0.3 is 4.74 Å². The molecule has 0 aliphatic heterocycles. The average Bonchev–Trinajstić information content (AvgIpc) is 2.55. The molecule has 0 spiro atoms. The minimum Gasteiger partial charge on any atom is -0.465 e. The van der Waals surface area contributed by atoms with Crippen LogP contribution in [0.5, 0.6) is 0 Å². The average molecular weight is 278 g/mol. The van der Waals surface area contributed by atoms with E-state index in [0.717, 1.165) is 16.7 Å². The molecule has 0 N–H and O–H groups in total. The molecule has 0 fully saturated rings. The maximum absolute atomic E-state index is 11.9. The Morgan fingerprint density at radius 2 is 1.62 bits per heavy atom. The first-order chi connectivity index (χ1) is 10.3. The number of benzene rings is 2. The summed E-state index contributed by atoms with van der Waals surface area (Å²) in [4.78, 5) is 11.9. The Morgan fingerprint density at radius 1 is 0.952 bits per heavy atom. The van der Waals surface area contributed by atoms with Gasteiger partial charge in [0.2, 0.25) is 0 Å². The fraction of sp³-hybridized carbons (Fsp3) is 0.105. The summed E-state index contributed by atoms with van der Waals surface area (Å²) in [5, 5.41) is 0. The molecule has 0 atom stereocenters. The lowest BCUT2D eigenvalue weighted by atomic mass is 9.98. The van der Waals surface area contributed by atoms with Crippen LogP contribution in [0.4, 0.5) is 0 Å². The van der Waals surface area contributed by atoms with Gasteiger partial charge in [0, 0.05) is 0 Å². The summed E-state index contributed by atoms with van der Waals surface area (Å²) in [6, 6.07) is 17.8. The molecule has 0 saturated carbocycles. The SMILES string of the molecule is CC=C(C(=O)OC)c1ccccc1C=Cc1ccccc1. The first-order valence-electron chi connectivity index (χ1n) is 6.83. The van der Waals surface area contributed by atoms with E-state index in [9.17, 15) is 4.79 Å². The monoisotopic (exact) mass is 278 g/mol. The first kappa shape index (κ1) is 14.8. The second-order valence-corrected chi connectivity index (χ2v) is 4.53. The van der Waals surface area contributed by atoms with Crippen molar-refractivity contribution >= 4 is 23.7 Å². The van der Waals surface area contributed by atoms with Crippen LogP contribution in [-0.4, -0.2) is 13.1 Å². The molecule has 0 aliphatic rings. The van der Waals surface area contributed by atoms with Crippen molar-refractivity contribution < 1.29 is 9.53 Å². The number of carbonyl (C=O) groups excluding carboxylic acids is 1.